The molecule has 0 saturated heterocycles. The molecule has 2 N–H and O–H groups in total. The third kappa shape index (κ3) is 2.63. The fourth-order valence-corrected chi connectivity index (χ4v) is 2.42. The van der Waals surface area contributed by atoms with E-state index in [-0.39, 0.29) is 21.8 Å². The highest BCUT2D eigenvalue weighted by Gasteiger charge is 2.09. The average molecular weight is 306 g/mol. The molecule has 1 aromatic carbocycles. The molecule has 0 saturated carbocycles. The monoisotopic (exact) mass is 306 g/mol. The summed E-state index contributed by atoms with van der Waals surface area (Å²) in [5.41, 5.74) is 1.11. The van der Waals surface area contributed by atoms with E-state index in [4.69, 9.17) is 0 Å². The normalized spacial score (nSPS) is 11.7. The summed E-state index contributed by atoms with van der Waals surface area (Å²) in [6.07, 6.45) is 1.13. The molecular weight excluding hydrogens is 296 g/mol. The van der Waals surface area contributed by atoms with Crippen molar-refractivity contribution in [1.29, 1.82) is 0 Å². The average Bonchev–Trinajstić information content (AvgIpc) is 2.86. The Balaban J connectivity index is 1.94. The Hall–Kier alpha value is -2.68. The van der Waals surface area contributed by atoms with Crippen LogP contribution in [0.4, 0.5) is 11.4 Å². The molecule has 2 aromatic heterocycles. The van der Waals surface area contributed by atoms with Gasteiger partial charge in [0, 0.05) is 18.0 Å². The van der Waals surface area contributed by atoms with Gasteiger partial charge in [-0.05, 0) is 34.6 Å². The largest absolute Gasteiger partial charge is 0.351 e. The fourth-order valence-electron chi connectivity index (χ4n) is 1.79. The minimum absolute atomic E-state index is 0.207. The lowest BCUT2D eigenvalue weighted by Gasteiger charge is -2.06. The molecule has 0 aliphatic carbocycles. The first-order valence-corrected chi connectivity index (χ1v) is 7.75. The van der Waals surface area contributed by atoms with Gasteiger partial charge in [0.15, 0.2) is 15.4 Å². The molecule has 0 unspecified atom stereocenters. The molecule has 8 nitrogen and oxygen atoms in total. The first-order chi connectivity index (χ1) is 9.93. The van der Waals surface area contributed by atoms with E-state index in [1.165, 1.54) is 18.2 Å². The number of fused-ring (bicyclic) bond motifs is 1. The van der Waals surface area contributed by atoms with Crippen molar-refractivity contribution in [2.24, 2.45) is 0 Å². The van der Waals surface area contributed by atoms with E-state index in [0.717, 1.165) is 6.26 Å². The highest BCUT2D eigenvalue weighted by molar-refractivity contribution is 7.90. The SMILES string of the molecule is CS(=O)(=O)c1ccc(Nc2cc3nonc3[nH]c2=O)cc1. The van der Waals surface area contributed by atoms with Crippen molar-refractivity contribution in [1.82, 2.24) is 15.3 Å². The first-order valence-electron chi connectivity index (χ1n) is 5.86. The number of pyridine rings is 1. The van der Waals surface area contributed by atoms with Crippen LogP contribution in [0.1, 0.15) is 0 Å². The van der Waals surface area contributed by atoms with Gasteiger partial charge in [-0.15, -0.1) is 0 Å². The van der Waals surface area contributed by atoms with Crippen LogP contribution < -0.4 is 10.9 Å². The van der Waals surface area contributed by atoms with Crippen LogP contribution in [0, 0.1) is 0 Å². The second-order valence-electron chi connectivity index (χ2n) is 4.43. The van der Waals surface area contributed by atoms with Crippen LogP contribution in [0.3, 0.4) is 0 Å². The molecule has 0 atom stereocenters. The van der Waals surface area contributed by atoms with Crippen LogP contribution in [0.5, 0.6) is 0 Å². The molecule has 0 aliphatic heterocycles. The highest BCUT2D eigenvalue weighted by Crippen LogP contribution is 2.18. The van der Waals surface area contributed by atoms with Crippen molar-refractivity contribution >= 4 is 32.4 Å². The summed E-state index contributed by atoms with van der Waals surface area (Å²) in [4.78, 5) is 14.6. The van der Waals surface area contributed by atoms with Crippen molar-refractivity contribution in [3.63, 3.8) is 0 Å². The smallest absolute Gasteiger partial charge is 0.273 e. The summed E-state index contributed by atoms with van der Waals surface area (Å²) >= 11 is 0. The van der Waals surface area contributed by atoms with E-state index in [9.17, 15) is 13.2 Å². The van der Waals surface area contributed by atoms with Gasteiger partial charge in [-0.2, -0.15) is 0 Å². The number of nitrogens with zero attached hydrogens (tertiary/aromatic N) is 2. The van der Waals surface area contributed by atoms with Crippen LogP contribution in [0.25, 0.3) is 11.2 Å². The molecule has 2 heterocycles. The Labute approximate surface area is 118 Å². The van der Waals surface area contributed by atoms with E-state index in [0.29, 0.717) is 11.2 Å². The first kappa shape index (κ1) is 13.3. The van der Waals surface area contributed by atoms with Gasteiger partial charge in [-0.3, -0.25) is 4.79 Å². The third-order valence-electron chi connectivity index (χ3n) is 2.83. The van der Waals surface area contributed by atoms with Crippen molar-refractivity contribution in [2.45, 2.75) is 4.90 Å². The number of sulfone groups is 1. The van der Waals surface area contributed by atoms with Crippen LogP contribution in [-0.4, -0.2) is 30.0 Å². The van der Waals surface area contributed by atoms with Crippen LogP contribution in [0.2, 0.25) is 0 Å². The van der Waals surface area contributed by atoms with Crippen molar-refractivity contribution < 1.29 is 13.0 Å². The van der Waals surface area contributed by atoms with E-state index in [1.807, 2.05) is 0 Å². The van der Waals surface area contributed by atoms with E-state index in [2.05, 4.69) is 25.2 Å². The summed E-state index contributed by atoms with van der Waals surface area (Å²) in [5, 5.41) is 10.0. The topological polar surface area (TPSA) is 118 Å². The second-order valence-corrected chi connectivity index (χ2v) is 6.45. The highest BCUT2D eigenvalue weighted by atomic mass is 32.2. The van der Waals surface area contributed by atoms with Crippen molar-refractivity contribution in [3.05, 3.63) is 40.7 Å². The number of benzene rings is 1. The number of H-pyrrole nitrogens is 1. The minimum atomic E-state index is -3.25. The summed E-state index contributed by atoms with van der Waals surface area (Å²) in [5.74, 6) is 0. The zero-order valence-corrected chi connectivity index (χ0v) is 11.6. The predicted molar refractivity (Wildman–Crippen MR) is 75.3 cm³/mol. The molecule has 3 aromatic rings. The van der Waals surface area contributed by atoms with Gasteiger partial charge in [0.2, 0.25) is 5.65 Å². The Morgan fingerprint density at radius 1 is 1.19 bits per heavy atom. The van der Waals surface area contributed by atoms with Gasteiger partial charge in [0.05, 0.1) is 4.90 Å². The lowest BCUT2D eigenvalue weighted by Crippen LogP contribution is -2.11. The molecule has 108 valence electrons. The van der Waals surface area contributed by atoms with Gasteiger partial charge in [-0.25, -0.2) is 13.0 Å². The number of aromatic amines is 1. The Bertz CT molecular complexity index is 957. The van der Waals surface area contributed by atoms with E-state index in [1.54, 1.807) is 12.1 Å². The molecule has 21 heavy (non-hydrogen) atoms. The number of rotatable bonds is 3. The summed E-state index contributed by atoms with van der Waals surface area (Å²) < 4.78 is 27.3. The lowest BCUT2D eigenvalue weighted by molar-refractivity contribution is 0.314. The summed E-state index contributed by atoms with van der Waals surface area (Å²) in [6, 6.07) is 7.56. The van der Waals surface area contributed by atoms with E-state index < -0.39 is 9.84 Å². The molecule has 0 aliphatic rings. The van der Waals surface area contributed by atoms with Crippen LogP contribution in [0.15, 0.2) is 44.7 Å². The van der Waals surface area contributed by atoms with Gasteiger partial charge >= 0.3 is 0 Å². The predicted octanol–water partition coefficient (Wildman–Crippen LogP) is 1.06. The second kappa shape index (κ2) is 4.70. The summed E-state index contributed by atoms with van der Waals surface area (Å²) in [6.45, 7) is 0. The molecule has 0 spiro atoms. The minimum Gasteiger partial charge on any atom is -0.351 e. The van der Waals surface area contributed by atoms with Crippen molar-refractivity contribution in [3.8, 4) is 0 Å². The molecule has 3 rings (SSSR count). The Morgan fingerprint density at radius 2 is 1.90 bits per heavy atom. The molecule has 0 bridgehead atoms. The van der Waals surface area contributed by atoms with Crippen LogP contribution >= 0.6 is 0 Å². The zero-order valence-electron chi connectivity index (χ0n) is 10.8. The maximum Gasteiger partial charge on any atom is 0.273 e. The molecule has 0 fully saturated rings. The Morgan fingerprint density at radius 3 is 2.57 bits per heavy atom. The third-order valence-corrected chi connectivity index (χ3v) is 3.96. The molecule has 0 radical (unpaired) electrons. The van der Waals surface area contributed by atoms with Crippen molar-refractivity contribution in [2.75, 3.05) is 11.6 Å². The fraction of sp³-hybridized carbons (Fsp3) is 0.0833. The van der Waals surface area contributed by atoms with Gasteiger partial charge in [0.1, 0.15) is 5.69 Å². The molecule has 9 heteroatoms. The van der Waals surface area contributed by atoms with Gasteiger partial charge < -0.3 is 10.3 Å². The number of aromatic nitrogens is 3. The number of hydrogen-bond donors (Lipinski definition) is 2. The maximum absolute atomic E-state index is 11.8. The standard InChI is InChI=1S/C12H10N4O4S/c1-21(18,19)8-4-2-7(3-5-8)13-10-6-9-11(14-12(10)17)16-20-15-9/h2-6,13H,1H3,(H,14,16,17). The Kier molecular flexibility index (Phi) is 2.98. The van der Waals surface area contributed by atoms with Gasteiger partial charge in [-0.1, -0.05) is 0 Å². The number of nitrogens with one attached hydrogen (secondary N) is 2. The quantitative estimate of drug-likeness (QED) is 0.742. The number of anilines is 2. The van der Waals surface area contributed by atoms with E-state index >= 15 is 0 Å². The summed E-state index contributed by atoms with van der Waals surface area (Å²) in [7, 11) is -3.25. The lowest BCUT2D eigenvalue weighted by atomic mass is 10.3. The number of hydrogen-bond acceptors (Lipinski definition) is 7. The van der Waals surface area contributed by atoms with Crippen LogP contribution in [-0.2, 0) is 9.84 Å². The molecule has 0 amide bonds. The van der Waals surface area contributed by atoms with Gasteiger partial charge in [0.25, 0.3) is 5.56 Å². The molecular formula is C12H10N4O4S. The maximum atomic E-state index is 11.8. The zero-order chi connectivity index (χ0) is 15.0.